The minimum Gasteiger partial charge on any atom is -0.310 e. The van der Waals surface area contributed by atoms with Gasteiger partial charge in [0.15, 0.2) is 0 Å². The van der Waals surface area contributed by atoms with Crippen LogP contribution in [0.25, 0.3) is 0 Å². The number of non-ortho nitro benzene ring substituents is 1. The van der Waals surface area contributed by atoms with Crippen molar-refractivity contribution in [2.24, 2.45) is 0 Å². The van der Waals surface area contributed by atoms with Gasteiger partial charge < -0.3 is 5.32 Å². The second-order valence-electron chi connectivity index (χ2n) is 5.12. The molecule has 21 heavy (non-hydrogen) atoms. The standard InChI is InChI=1S/C17H20N2O2/c1-14(16-10-5-11-17(13-16)19(20)21)18-12-6-9-15-7-3-2-4-8-15/h2-5,7-8,10-11,13-14,18H,6,9,12H2,1H3. The zero-order valence-electron chi connectivity index (χ0n) is 12.2. The SMILES string of the molecule is CC(NCCCc1ccccc1)c1cccc([N+](=O)[O-])c1. The van der Waals surface area contributed by atoms with Gasteiger partial charge in [-0.2, -0.15) is 0 Å². The highest BCUT2D eigenvalue weighted by Crippen LogP contribution is 2.18. The second-order valence-corrected chi connectivity index (χ2v) is 5.12. The molecule has 0 aliphatic carbocycles. The lowest BCUT2D eigenvalue weighted by Gasteiger charge is -2.14. The molecule has 0 radical (unpaired) electrons. The van der Waals surface area contributed by atoms with E-state index in [4.69, 9.17) is 0 Å². The molecule has 0 amide bonds. The summed E-state index contributed by atoms with van der Waals surface area (Å²) in [5, 5.41) is 14.2. The van der Waals surface area contributed by atoms with Gasteiger partial charge in [-0.15, -0.1) is 0 Å². The van der Waals surface area contributed by atoms with Gasteiger partial charge in [-0.25, -0.2) is 0 Å². The van der Waals surface area contributed by atoms with E-state index in [1.165, 1.54) is 11.6 Å². The van der Waals surface area contributed by atoms with E-state index in [1.54, 1.807) is 12.1 Å². The summed E-state index contributed by atoms with van der Waals surface area (Å²) in [5.74, 6) is 0. The Morgan fingerprint density at radius 1 is 1.14 bits per heavy atom. The highest BCUT2D eigenvalue weighted by atomic mass is 16.6. The first kappa shape index (κ1) is 15.2. The molecule has 2 aromatic carbocycles. The number of benzene rings is 2. The lowest BCUT2D eigenvalue weighted by molar-refractivity contribution is -0.384. The van der Waals surface area contributed by atoms with Gasteiger partial charge in [0.05, 0.1) is 4.92 Å². The van der Waals surface area contributed by atoms with Crippen LogP contribution in [0, 0.1) is 10.1 Å². The molecule has 0 bridgehead atoms. The molecule has 0 heterocycles. The summed E-state index contributed by atoms with van der Waals surface area (Å²) in [7, 11) is 0. The molecule has 1 atom stereocenters. The number of rotatable bonds is 7. The Labute approximate surface area is 125 Å². The van der Waals surface area contributed by atoms with Crippen LogP contribution in [0.2, 0.25) is 0 Å². The molecular formula is C17H20N2O2. The maximum Gasteiger partial charge on any atom is 0.269 e. The fourth-order valence-corrected chi connectivity index (χ4v) is 2.28. The Morgan fingerprint density at radius 2 is 1.90 bits per heavy atom. The molecule has 2 aromatic rings. The summed E-state index contributed by atoms with van der Waals surface area (Å²) in [6.07, 6.45) is 2.08. The summed E-state index contributed by atoms with van der Waals surface area (Å²) < 4.78 is 0. The van der Waals surface area contributed by atoms with Crippen LogP contribution in [0.15, 0.2) is 54.6 Å². The van der Waals surface area contributed by atoms with E-state index in [0.717, 1.165) is 24.9 Å². The van der Waals surface area contributed by atoms with Crippen LogP contribution in [0.3, 0.4) is 0 Å². The van der Waals surface area contributed by atoms with Crippen molar-refractivity contribution in [3.8, 4) is 0 Å². The molecule has 0 aliphatic rings. The van der Waals surface area contributed by atoms with Crippen LogP contribution in [-0.2, 0) is 6.42 Å². The fraction of sp³-hybridized carbons (Fsp3) is 0.294. The van der Waals surface area contributed by atoms with E-state index in [2.05, 4.69) is 29.6 Å². The summed E-state index contributed by atoms with van der Waals surface area (Å²) in [5.41, 5.74) is 2.43. The van der Waals surface area contributed by atoms with Crippen LogP contribution in [0.5, 0.6) is 0 Å². The first-order valence-electron chi connectivity index (χ1n) is 7.18. The summed E-state index contributed by atoms with van der Waals surface area (Å²) in [6, 6.07) is 17.3. The number of nitrogens with zero attached hydrogens (tertiary/aromatic N) is 1. The van der Waals surface area contributed by atoms with E-state index in [9.17, 15) is 10.1 Å². The summed E-state index contributed by atoms with van der Waals surface area (Å²) in [6.45, 7) is 2.92. The number of nitro benzene ring substituents is 1. The molecule has 0 fully saturated rings. The van der Waals surface area contributed by atoms with E-state index < -0.39 is 0 Å². The minimum absolute atomic E-state index is 0.112. The summed E-state index contributed by atoms with van der Waals surface area (Å²) >= 11 is 0. The third kappa shape index (κ3) is 4.68. The van der Waals surface area contributed by atoms with E-state index >= 15 is 0 Å². The molecule has 0 aliphatic heterocycles. The molecule has 110 valence electrons. The summed E-state index contributed by atoms with van der Waals surface area (Å²) in [4.78, 5) is 10.4. The molecule has 0 spiro atoms. The third-order valence-corrected chi connectivity index (χ3v) is 3.52. The van der Waals surface area contributed by atoms with Crippen LogP contribution in [0.1, 0.15) is 30.5 Å². The number of hydrogen-bond acceptors (Lipinski definition) is 3. The first-order valence-corrected chi connectivity index (χ1v) is 7.18. The molecule has 2 rings (SSSR count). The topological polar surface area (TPSA) is 55.2 Å². The van der Waals surface area contributed by atoms with E-state index in [1.807, 2.05) is 19.1 Å². The van der Waals surface area contributed by atoms with Crippen LogP contribution < -0.4 is 5.32 Å². The zero-order valence-corrected chi connectivity index (χ0v) is 12.2. The zero-order chi connectivity index (χ0) is 15.1. The molecule has 4 nitrogen and oxygen atoms in total. The number of nitrogens with one attached hydrogen (secondary N) is 1. The lowest BCUT2D eigenvalue weighted by atomic mass is 10.1. The van der Waals surface area contributed by atoms with Crippen molar-refractivity contribution in [2.45, 2.75) is 25.8 Å². The second kappa shape index (κ2) is 7.55. The van der Waals surface area contributed by atoms with Gasteiger partial charge in [-0.3, -0.25) is 10.1 Å². The first-order chi connectivity index (χ1) is 10.2. The van der Waals surface area contributed by atoms with Crippen LogP contribution in [0.4, 0.5) is 5.69 Å². The molecule has 4 heteroatoms. The molecule has 0 saturated heterocycles. The number of hydrogen-bond donors (Lipinski definition) is 1. The molecule has 1 N–H and O–H groups in total. The van der Waals surface area contributed by atoms with Crippen molar-refractivity contribution in [3.05, 3.63) is 75.8 Å². The van der Waals surface area contributed by atoms with Gasteiger partial charge >= 0.3 is 0 Å². The number of aryl methyl sites for hydroxylation is 1. The van der Waals surface area contributed by atoms with Crippen LogP contribution in [-0.4, -0.2) is 11.5 Å². The van der Waals surface area contributed by atoms with Crippen LogP contribution >= 0.6 is 0 Å². The Kier molecular flexibility index (Phi) is 5.46. The third-order valence-electron chi connectivity index (χ3n) is 3.52. The Balaban J connectivity index is 1.80. The number of nitro groups is 1. The van der Waals surface area contributed by atoms with Gasteiger partial charge in [-0.1, -0.05) is 42.5 Å². The maximum atomic E-state index is 10.8. The van der Waals surface area contributed by atoms with Crippen molar-refractivity contribution >= 4 is 5.69 Å². The molecule has 0 saturated carbocycles. The van der Waals surface area contributed by atoms with E-state index in [0.29, 0.717) is 0 Å². The normalized spacial score (nSPS) is 12.0. The largest absolute Gasteiger partial charge is 0.310 e. The van der Waals surface area contributed by atoms with Gasteiger partial charge in [0, 0.05) is 18.2 Å². The van der Waals surface area contributed by atoms with Gasteiger partial charge in [0.25, 0.3) is 5.69 Å². The lowest BCUT2D eigenvalue weighted by Crippen LogP contribution is -2.20. The van der Waals surface area contributed by atoms with Crippen molar-refractivity contribution in [3.63, 3.8) is 0 Å². The monoisotopic (exact) mass is 284 g/mol. The Hall–Kier alpha value is -2.20. The van der Waals surface area contributed by atoms with Gasteiger partial charge in [-0.05, 0) is 37.4 Å². The average Bonchev–Trinajstić information content (AvgIpc) is 2.52. The molecule has 0 aromatic heterocycles. The highest BCUT2D eigenvalue weighted by Gasteiger charge is 2.10. The van der Waals surface area contributed by atoms with E-state index in [-0.39, 0.29) is 16.7 Å². The van der Waals surface area contributed by atoms with Crippen molar-refractivity contribution in [2.75, 3.05) is 6.54 Å². The van der Waals surface area contributed by atoms with Crippen molar-refractivity contribution in [1.29, 1.82) is 0 Å². The van der Waals surface area contributed by atoms with Gasteiger partial charge in [0.2, 0.25) is 0 Å². The van der Waals surface area contributed by atoms with Crippen molar-refractivity contribution < 1.29 is 4.92 Å². The Bertz CT molecular complexity index is 584. The van der Waals surface area contributed by atoms with Crippen molar-refractivity contribution in [1.82, 2.24) is 5.32 Å². The van der Waals surface area contributed by atoms with Gasteiger partial charge in [0.1, 0.15) is 0 Å². The smallest absolute Gasteiger partial charge is 0.269 e. The minimum atomic E-state index is -0.356. The average molecular weight is 284 g/mol. The quantitative estimate of drug-likeness (QED) is 0.477. The molecular weight excluding hydrogens is 264 g/mol. The molecule has 1 unspecified atom stereocenters. The predicted molar refractivity (Wildman–Crippen MR) is 84.3 cm³/mol. The maximum absolute atomic E-state index is 10.8. The highest BCUT2D eigenvalue weighted by molar-refractivity contribution is 5.35. The fourth-order valence-electron chi connectivity index (χ4n) is 2.28. The predicted octanol–water partition coefficient (Wildman–Crippen LogP) is 3.88. The Morgan fingerprint density at radius 3 is 2.62 bits per heavy atom.